The van der Waals surface area contributed by atoms with Crippen molar-refractivity contribution in [1.29, 1.82) is 0 Å². The molecule has 7 heteroatoms. The lowest BCUT2D eigenvalue weighted by Crippen LogP contribution is -2.02. The first-order chi connectivity index (χ1) is 9.26. The van der Waals surface area contributed by atoms with Crippen LogP contribution in [0.1, 0.15) is 18.5 Å². The van der Waals surface area contributed by atoms with Crippen LogP contribution in [0.4, 0.5) is 5.82 Å². The van der Waals surface area contributed by atoms with E-state index in [1.54, 1.807) is 23.9 Å². The third-order valence-electron chi connectivity index (χ3n) is 2.62. The minimum atomic E-state index is 0.588. The molecule has 0 saturated heterocycles. The second kappa shape index (κ2) is 5.26. The Kier molecular flexibility index (Phi) is 3.48. The van der Waals surface area contributed by atoms with Crippen molar-refractivity contribution >= 4 is 43.3 Å². The third-order valence-corrected chi connectivity index (χ3v) is 4.25. The van der Waals surface area contributed by atoms with Gasteiger partial charge in [-0.15, -0.1) is 11.3 Å². The fraction of sp³-hybridized carbons (Fsp3) is 0.250. The molecular weight excluding hydrogens is 328 g/mol. The average Bonchev–Trinajstić information content (AvgIpc) is 3.01. The summed E-state index contributed by atoms with van der Waals surface area (Å²) in [6.07, 6.45) is 4.04. The molecule has 0 saturated carbocycles. The van der Waals surface area contributed by atoms with Crippen molar-refractivity contribution in [3.05, 3.63) is 34.0 Å². The van der Waals surface area contributed by atoms with Gasteiger partial charge in [0.25, 0.3) is 0 Å². The van der Waals surface area contributed by atoms with E-state index in [4.69, 9.17) is 4.42 Å². The number of fused-ring (bicyclic) bond motifs is 1. The lowest BCUT2D eigenvalue weighted by Gasteiger charge is -2.03. The molecule has 0 unspecified atom stereocenters. The Balaban J connectivity index is 1.81. The van der Waals surface area contributed by atoms with Crippen LogP contribution < -0.4 is 5.32 Å². The molecule has 3 heterocycles. The van der Waals surface area contributed by atoms with Gasteiger partial charge in [0, 0.05) is 6.42 Å². The number of rotatable bonds is 4. The van der Waals surface area contributed by atoms with Gasteiger partial charge in [0.15, 0.2) is 5.89 Å². The van der Waals surface area contributed by atoms with Gasteiger partial charge in [0.1, 0.15) is 18.4 Å². The predicted octanol–water partition coefficient (Wildman–Crippen LogP) is 3.62. The van der Waals surface area contributed by atoms with Crippen molar-refractivity contribution in [2.45, 2.75) is 19.9 Å². The van der Waals surface area contributed by atoms with Crippen LogP contribution in [0.15, 0.2) is 26.9 Å². The van der Waals surface area contributed by atoms with E-state index < -0.39 is 0 Å². The van der Waals surface area contributed by atoms with Gasteiger partial charge in [-0.05, 0) is 22.0 Å². The summed E-state index contributed by atoms with van der Waals surface area (Å²) in [5.41, 5.74) is 1.81. The molecule has 1 N–H and O–H groups in total. The second-order valence-corrected chi connectivity index (χ2v) is 6.36. The predicted molar refractivity (Wildman–Crippen MR) is 78.3 cm³/mol. The monoisotopic (exact) mass is 338 g/mol. The molecule has 0 bridgehead atoms. The molecule has 0 radical (unpaired) electrons. The van der Waals surface area contributed by atoms with Crippen LogP contribution in [-0.2, 0) is 13.0 Å². The molecule has 0 amide bonds. The highest BCUT2D eigenvalue weighted by Crippen LogP contribution is 2.32. The van der Waals surface area contributed by atoms with E-state index in [0.29, 0.717) is 6.54 Å². The van der Waals surface area contributed by atoms with E-state index in [1.807, 2.05) is 13.0 Å². The molecule has 3 aromatic heterocycles. The Morgan fingerprint density at radius 3 is 3.11 bits per heavy atom. The van der Waals surface area contributed by atoms with Crippen molar-refractivity contribution in [2.24, 2.45) is 0 Å². The summed E-state index contributed by atoms with van der Waals surface area (Å²) in [5, 5.41) is 3.27. The Morgan fingerprint density at radius 2 is 2.32 bits per heavy atom. The summed E-state index contributed by atoms with van der Waals surface area (Å²) in [6.45, 7) is 2.60. The van der Waals surface area contributed by atoms with Crippen LogP contribution in [-0.4, -0.2) is 15.0 Å². The molecule has 3 rings (SSSR count). The number of aromatic nitrogens is 3. The summed E-state index contributed by atoms with van der Waals surface area (Å²) in [7, 11) is 0. The molecule has 0 spiro atoms. The summed E-state index contributed by atoms with van der Waals surface area (Å²) in [5.74, 6) is 1.57. The topological polar surface area (TPSA) is 63.8 Å². The van der Waals surface area contributed by atoms with Gasteiger partial charge in [0.2, 0.25) is 0 Å². The number of hydrogen-bond donors (Lipinski definition) is 1. The largest absolute Gasteiger partial charge is 0.449 e. The fourth-order valence-electron chi connectivity index (χ4n) is 1.72. The van der Waals surface area contributed by atoms with Gasteiger partial charge in [-0.3, -0.25) is 0 Å². The Bertz CT molecular complexity index is 709. The van der Waals surface area contributed by atoms with Gasteiger partial charge < -0.3 is 9.73 Å². The Labute approximate surface area is 122 Å². The number of aryl methyl sites for hydroxylation is 1. The number of hydrogen-bond acceptors (Lipinski definition) is 6. The lowest BCUT2D eigenvalue weighted by atomic mass is 10.4. The number of nitrogens with one attached hydrogen (secondary N) is 1. The number of nitrogens with zero attached hydrogens (tertiary/aromatic N) is 3. The summed E-state index contributed by atoms with van der Waals surface area (Å²) in [6, 6.07) is 1.98. The number of anilines is 1. The van der Waals surface area contributed by atoms with Gasteiger partial charge in [-0.1, -0.05) is 6.92 Å². The second-order valence-electron chi connectivity index (χ2n) is 3.93. The van der Waals surface area contributed by atoms with Crippen LogP contribution in [0, 0.1) is 0 Å². The molecule has 0 atom stereocenters. The summed E-state index contributed by atoms with van der Waals surface area (Å²) in [4.78, 5) is 12.9. The van der Waals surface area contributed by atoms with E-state index in [0.717, 1.165) is 37.8 Å². The SMILES string of the molecule is CCc1nc(CNc2ncnc3cc(Br)sc23)co1. The highest BCUT2D eigenvalue weighted by molar-refractivity contribution is 9.11. The lowest BCUT2D eigenvalue weighted by molar-refractivity contribution is 0.501. The van der Waals surface area contributed by atoms with E-state index >= 15 is 0 Å². The number of halogens is 1. The molecule has 5 nitrogen and oxygen atoms in total. The maximum atomic E-state index is 5.31. The molecule has 0 fully saturated rings. The minimum Gasteiger partial charge on any atom is -0.449 e. The highest BCUT2D eigenvalue weighted by atomic mass is 79.9. The maximum absolute atomic E-state index is 5.31. The third kappa shape index (κ3) is 2.62. The normalized spacial score (nSPS) is 11.1. The molecule has 0 aliphatic carbocycles. The molecule has 0 aliphatic heterocycles. The van der Waals surface area contributed by atoms with E-state index in [9.17, 15) is 0 Å². The first-order valence-corrected chi connectivity index (χ1v) is 7.44. The number of oxazole rings is 1. The Hall–Kier alpha value is -1.47. The zero-order valence-electron chi connectivity index (χ0n) is 10.2. The minimum absolute atomic E-state index is 0.588. The Morgan fingerprint density at radius 1 is 1.42 bits per heavy atom. The standard InChI is InChI=1S/C12H11BrN4OS/c1-2-10-17-7(5-18-10)4-14-12-11-8(15-6-16-12)3-9(13)19-11/h3,5-6H,2,4H2,1H3,(H,14,15,16). The smallest absolute Gasteiger partial charge is 0.193 e. The van der Waals surface area contributed by atoms with Gasteiger partial charge in [-0.2, -0.15) is 0 Å². The van der Waals surface area contributed by atoms with Crippen LogP contribution >= 0.6 is 27.3 Å². The van der Waals surface area contributed by atoms with E-state index in [1.165, 1.54) is 0 Å². The van der Waals surface area contributed by atoms with Gasteiger partial charge in [-0.25, -0.2) is 15.0 Å². The maximum Gasteiger partial charge on any atom is 0.193 e. The first-order valence-electron chi connectivity index (χ1n) is 5.83. The molecule has 3 aromatic rings. The van der Waals surface area contributed by atoms with Crippen LogP contribution in [0.3, 0.4) is 0 Å². The molecule has 0 aliphatic rings. The quantitative estimate of drug-likeness (QED) is 0.787. The zero-order chi connectivity index (χ0) is 13.2. The zero-order valence-corrected chi connectivity index (χ0v) is 12.6. The summed E-state index contributed by atoms with van der Waals surface area (Å²) >= 11 is 5.07. The van der Waals surface area contributed by atoms with Crippen LogP contribution in [0.2, 0.25) is 0 Å². The number of thiophene rings is 1. The summed E-state index contributed by atoms with van der Waals surface area (Å²) < 4.78 is 7.38. The average molecular weight is 339 g/mol. The van der Waals surface area contributed by atoms with Crippen LogP contribution in [0.25, 0.3) is 10.2 Å². The first kappa shape index (κ1) is 12.6. The molecule has 0 aromatic carbocycles. The molecular formula is C12H11BrN4OS. The van der Waals surface area contributed by atoms with E-state index in [-0.39, 0.29) is 0 Å². The highest BCUT2D eigenvalue weighted by Gasteiger charge is 2.08. The molecule has 98 valence electrons. The van der Waals surface area contributed by atoms with Crippen molar-refractivity contribution in [3.8, 4) is 0 Å². The van der Waals surface area contributed by atoms with Gasteiger partial charge >= 0.3 is 0 Å². The molecule has 19 heavy (non-hydrogen) atoms. The van der Waals surface area contributed by atoms with Crippen molar-refractivity contribution in [3.63, 3.8) is 0 Å². The van der Waals surface area contributed by atoms with Crippen molar-refractivity contribution in [2.75, 3.05) is 5.32 Å². The van der Waals surface area contributed by atoms with E-state index in [2.05, 4.69) is 36.2 Å². The van der Waals surface area contributed by atoms with Crippen molar-refractivity contribution in [1.82, 2.24) is 15.0 Å². The van der Waals surface area contributed by atoms with Gasteiger partial charge in [0.05, 0.1) is 26.2 Å². The fourth-order valence-corrected chi connectivity index (χ4v) is 3.22. The van der Waals surface area contributed by atoms with Crippen molar-refractivity contribution < 1.29 is 4.42 Å². The van der Waals surface area contributed by atoms with Crippen LogP contribution in [0.5, 0.6) is 0 Å².